The normalized spacial score (nSPS) is 11.4. The molecule has 0 saturated heterocycles. The number of nitrogens with zero attached hydrogens (tertiary/aromatic N) is 1. The maximum atomic E-state index is 10.7. The number of hydrogen-bond acceptors (Lipinski definition) is 2. The summed E-state index contributed by atoms with van der Waals surface area (Å²) in [6.45, 7) is 0. The molecule has 1 rings (SSSR count). The molecule has 0 aliphatic heterocycles. The first-order chi connectivity index (χ1) is 6.74. The number of hydrogen-bond donors (Lipinski definition) is 1. The molecule has 0 aliphatic carbocycles. The predicted octanol–water partition coefficient (Wildman–Crippen LogP) is 1.02. The average molecular weight is 187 g/mol. The molecule has 70 valence electrons. The molecule has 1 aromatic carbocycles. The number of benzene rings is 1. The van der Waals surface area contributed by atoms with Crippen molar-refractivity contribution in [1.82, 2.24) is 0 Å². The quantitative estimate of drug-likeness (QED) is 0.715. The van der Waals surface area contributed by atoms with Crippen LogP contribution in [0.5, 0.6) is 0 Å². The molecule has 1 atom stereocenters. The molecular weight excluding hydrogens is 177 g/mol. The minimum Gasteiger partial charge on any atom is -0.482 e. The summed E-state index contributed by atoms with van der Waals surface area (Å²) in [4.78, 5) is 10.7. The molecule has 0 radical (unpaired) electrons. The third-order valence-corrected chi connectivity index (χ3v) is 2.01. The monoisotopic (exact) mass is 187 g/mol. The van der Waals surface area contributed by atoms with Gasteiger partial charge in [0.15, 0.2) is 0 Å². The maximum absolute atomic E-state index is 10.7. The fraction of sp³-hybridized carbons (Fsp3) is 0.200. The smallest absolute Gasteiger partial charge is 0.300 e. The lowest BCUT2D eigenvalue weighted by atomic mass is 9.64. The van der Waals surface area contributed by atoms with E-state index in [1.165, 1.54) is 0 Å². The maximum Gasteiger partial charge on any atom is 0.300 e. The van der Waals surface area contributed by atoms with E-state index in [2.05, 4.69) is 0 Å². The molecule has 0 aromatic heterocycles. The Hall–Kier alpha value is -1.76. The summed E-state index contributed by atoms with van der Waals surface area (Å²) < 4.78 is 0. The highest BCUT2D eigenvalue weighted by Crippen LogP contribution is 2.12. The number of carboxylic acids is 1. The molecule has 0 aliphatic rings. The van der Waals surface area contributed by atoms with Crippen molar-refractivity contribution in [1.29, 1.82) is 5.26 Å². The van der Waals surface area contributed by atoms with E-state index in [0.717, 1.165) is 5.56 Å². The number of carboxylic acid groups (broad SMARTS) is 1. The molecule has 1 aromatic rings. The van der Waals surface area contributed by atoms with Crippen molar-refractivity contribution >= 4 is 13.2 Å². The van der Waals surface area contributed by atoms with E-state index < -0.39 is 11.8 Å². The third-order valence-electron chi connectivity index (χ3n) is 2.01. The zero-order valence-corrected chi connectivity index (χ0v) is 7.68. The van der Waals surface area contributed by atoms with Gasteiger partial charge < -0.3 is 5.11 Å². The van der Waals surface area contributed by atoms with Gasteiger partial charge in [-0.05, 0) is 18.0 Å². The molecule has 1 N–H and O–H groups in total. The molecule has 0 heterocycles. The molecule has 0 amide bonds. The van der Waals surface area contributed by atoms with Gasteiger partial charge in [-0.15, -0.1) is 0 Å². The Balaban J connectivity index is 2.66. The Morgan fingerprint density at radius 3 is 2.64 bits per heavy atom. The number of nitriles is 1. The van der Waals surface area contributed by atoms with Gasteiger partial charge in [0.2, 0.25) is 0 Å². The molecule has 3 nitrogen and oxygen atoms in total. The SMILES string of the molecule is N#CB[C@@H](Cc1ccccc1)C(=O)O. The zero-order valence-electron chi connectivity index (χ0n) is 7.68. The van der Waals surface area contributed by atoms with Crippen molar-refractivity contribution in [2.75, 3.05) is 0 Å². The van der Waals surface area contributed by atoms with Crippen molar-refractivity contribution in [2.45, 2.75) is 12.2 Å². The lowest BCUT2D eigenvalue weighted by Crippen LogP contribution is -2.16. The topological polar surface area (TPSA) is 61.1 Å². The van der Waals surface area contributed by atoms with Crippen LogP contribution in [0.25, 0.3) is 0 Å². The van der Waals surface area contributed by atoms with Gasteiger partial charge in [-0.1, -0.05) is 30.3 Å². The highest BCUT2D eigenvalue weighted by atomic mass is 16.4. The molecule has 14 heavy (non-hydrogen) atoms. The molecule has 0 unspecified atom stereocenters. The van der Waals surface area contributed by atoms with Crippen molar-refractivity contribution in [3.05, 3.63) is 35.9 Å². The van der Waals surface area contributed by atoms with Gasteiger partial charge in [0.05, 0.1) is 5.82 Å². The lowest BCUT2D eigenvalue weighted by Gasteiger charge is -2.06. The fourth-order valence-electron chi connectivity index (χ4n) is 1.26. The Kier molecular flexibility index (Phi) is 3.75. The highest BCUT2D eigenvalue weighted by molar-refractivity contribution is 6.51. The third kappa shape index (κ3) is 2.94. The van der Waals surface area contributed by atoms with Crippen LogP contribution in [-0.4, -0.2) is 18.4 Å². The fourth-order valence-corrected chi connectivity index (χ4v) is 1.26. The molecule has 0 bridgehead atoms. The van der Waals surface area contributed by atoms with E-state index in [9.17, 15) is 4.79 Å². The van der Waals surface area contributed by atoms with Gasteiger partial charge in [-0.2, -0.15) is 0 Å². The second-order valence-corrected chi connectivity index (χ2v) is 3.09. The molecular formula is C10H10BNO2. The lowest BCUT2D eigenvalue weighted by molar-refractivity contribution is -0.136. The summed E-state index contributed by atoms with van der Waals surface area (Å²) in [5.74, 6) is 0.387. The van der Waals surface area contributed by atoms with E-state index in [1.807, 2.05) is 36.3 Å². The van der Waals surface area contributed by atoms with E-state index in [4.69, 9.17) is 10.4 Å². The minimum absolute atomic E-state index is 0.0597. The van der Waals surface area contributed by atoms with E-state index >= 15 is 0 Å². The van der Waals surface area contributed by atoms with Crippen molar-refractivity contribution in [2.24, 2.45) is 0 Å². The van der Waals surface area contributed by atoms with Crippen LogP contribution < -0.4 is 0 Å². The molecule has 0 saturated carbocycles. The van der Waals surface area contributed by atoms with E-state index in [-0.39, 0.29) is 7.28 Å². The van der Waals surface area contributed by atoms with Crippen LogP contribution in [0.2, 0.25) is 5.82 Å². The molecule has 0 fully saturated rings. The Bertz CT molecular complexity index is 345. The van der Waals surface area contributed by atoms with Gasteiger partial charge >= 0.3 is 0 Å². The predicted molar refractivity (Wildman–Crippen MR) is 54.3 cm³/mol. The highest BCUT2D eigenvalue weighted by Gasteiger charge is 2.18. The van der Waals surface area contributed by atoms with Crippen LogP contribution in [0.1, 0.15) is 5.56 Å². The summed E-state index contributed by atoms with van der Waals surface area (Å²) >= 11 is 0. The van der Waals surface area contributed by atoms with E-state index in [1.54, 1.807) is 0 Å². The van der Waals surface area contributed by atoms with Crippen molar-refractivity contribution in [3.8, 4) is 5.97 Å². The second kappa shape index (κ2) is 5.08. The summed E-state index contributed by atoms with van der Waals surface area (Å²) in [7, 11) is 0.0597. The first-order valence-corrected chi connectivity index (χ1v) is 4.37. The van der Waals surface area contributed by atoms with Gasteiger partial charge in [0, 0.05) is 0 Å². The van der Waals surface area contributed by atoms with Crippen LogP contribution in [0, 0.1) is 11.2 Å². The van der Waals surface area contributed by atoms with Crippen molar-refractivity contribution in [3.63, 3.8) is 0 Å². The van der Waals surface area contributed by atoms with Gasteiger partial charge in [-0.25, -0.2) is 5.26 Å². The van der Waals surface area contributed by atoms with Crippen LogP contribution >= 0.6 is 0 Å². The summed E-state index contributed by atoms with van der Waals surface area (Å²) in [5.41, 5.74) is 0.954. The number of aliphatic carboxylic acids is 1. The summed E-state index contributed by atoms with van der Waals surface area (Å²) in [6, 6.07) is 9.34. The van der Waals surface area contributed by atoms with Crippen LogP contribution in [0.15, 0.2) is 30.3 Å². The standard InChI is InChI=1S/C10H10BNO2/c12-7-11-9(10(13)14)6-8-4-2-1-3-5-8/h1-5,9,11H,6H2,(H,13,14)/t9-/m0/s1. The van der Waals surface area contributed by atoms with Gasteiger partial charge in [0.25, 0.3) is 13.2 Å². The van der Waals surface area contributed by atoms with Crippen LogP contribution in [0.3, 0.4) is 0 Å². The van der Waals surface area contributed by atoms with Gasteiger partial charge in [-0.3, -0.25) is 4.79 Å². The average Bonchev–Trinajstić information content (AvgIpc) is 2.18. The van der Waals surface area contributed by atoms with E-state index in [0.29, 0.717) is 6.42 Å². The second-order valence-electron chi connectivity index (χ2n) is 3.09. The summed E-state index contributed by atoms with van der Waals surface area (Å²) in [5, 5.41) is 17.3. The first kappa shape index (κ1) is 10.3. The Morgan fingerprint density at radius 2 is 2.14 bits per heavy atom. The Morgan fingerprint density at radius 1 is 1.50 bits per heavy atom. The largest absolute Gasteiger partial charge is 0.482 e. The minimum atomic E-state index is -0.907. The first-order valence-electron chi connectivity index (χ1n) is 4.37. The van der Waals surface area contributed by atoms with Crippen LogP contribution in [-0.2, 0) is 11.2 Å². The summed E-state index contributed by atoms with van der Waals surface area (Å²) in [6.07, 6.45) is 0.420. The molecule has 0 spiro atoms. The Labute approximate surface area is 83.2 Å². The van der Waals surface area contributed by atoms with Gasteiger partial charge in [0.1, 0.15) is 0 Å². The zero-order chi connectivity index (χ0) is 10.4. The number of carbonyl (C=O) groups is 1. The van der Waals surface area contributed by atoms with Crippen LogP contribution in [0.4, 0.5) is 0 Å². The number of rotatable bonds is 4. The molecule has 4 heteroatoms. The van der Waals surface area contributed by atoms with Crippen molar-refractivity contribution < 1.29 is 9.90 Å².